The van der Waals surface area contributed by atoms with Gasteiger partial charge in [-0.25, -0.2) is 19.4 Å². The van der Waals surface area contributed by atoms with Gasteiger partial charge in [-0.3, -0.25) is 31.5 Å². The molecule has 4 aromatic carbocycles. The number of aliphatic hydroxyl groups excluding tert-OH is 1. The molecule has 0 bridgehead atoms. The molecule has 2 aliphatic carbocycles. The van der Waals surface area contributed by atoms with Gasteiger partial charge in [0, 0.05) is 75.2 Å². The van der Waals surface area contributed by atoms with Gasteiger partial charge >= 0.3 is 5.97 Å². The summed E-state index contributed by atoms with van der Waals surface area (Å²) in [6.45, 7) is 7.04. The lowest BCUT2D eigenvalue weighted by atomic mass is 9.85. The number of halogens is 2. The maximum atomic E-state index is 15.6. The number of nitrogens with zero attached hydrogens (tertiary/aromatic N) is 4. The molecule has 8 rings (SSSR count). The number of nitriles is 2. The van der Waals surface area contributed by atoms with Crippen molar-refractivity contribution in [1.29, 1.82) is 10.5 Å². The fourth-order valence-corrected chi connectivity index (χ4v) is 9.07. The third-order valence-corrected chi connectivity index (χ3v) is 13.3. The maximum absolute atomic E-state index is 15.6. The first-order valence-corrected chi connectivity index (χ1v) is 23.6. The zero-order valence-corrected chi connectivity index (χ0v) is 40.5. The van der Waals surface area contributed by atoms with Crippen LogP contribution in [-0.4, -0.2) is 84.0 Å². The van der Waals surface area contributed by atoms with Crippen LogP contribution >= 0.6 is 0 Å². The van der Waals surface area contributed by atoms with Crippen molar-refractivity contribution in [2.45, 2.75) is 108 Å². The predicted octanol–water partition coefficient (Wildman–Crippen LogP) is 6.58. The van der Waals surface area contributed by atoms with E-state index in [0.29, 0.717) is 69.2 Å². The number of nitrogens with two attached hydrogens (primary N) is 3. The summed E-state index contributed by atoms with van der Waals surface area (Å²) in [5.74, 6) is 12.9. The van der Waals surface area contributed by atoms with Crippen molar-refractivity contribution in [3.63, 3.8) is 0 Å². The first kappa shape index (κ1) is 56.0. The average molecular weight is 965 g/mol. The standard InChI is InChI=1S/C26H27FN2O3.C25H27FN4O2.C2H6O.H4N2.H2O/c1-3-18-14-21(19-6-7-19)23(25(31)32-2)15-22(18)24(30)29-12-10-26(27,11-13-29)20-8-4-17(16-28)5-9-20;1-2-17-13-20(18-5-6-18)22(23(31)29-28)14-21(17)24(32)30-11-9-25(26,10-12-30)19-7-3-16(15-27)4-8-19;1-2-3;1-2;/h4-5,8-9,14-15,19H,3,6-7,10-13H2,1-2H3;3-4,7-8,13-14,18H,2,5-6,9-12,28H2,1H3,(H,29,31);3H,2H2,1H3;1-2H2;1H2. The molecule has 2 aliphatic heterocycles. The lowest BCUT2D eigenvalue weighted by Crippen LogP contribution is -2.43. The topological polar surface area (TPSA) is 273 Å². The Labute approximate surface area is 408 Å². The molecular weight excluding hydrogens is 899 g/mol. The van der Waals surface area contributed by atoms with Crippen LogP contribution in [0.15, 0.2) is 72.8 Å². The number of benzene rings is 4. The van der Waals surface area contributed by atoms with Gasteiger partial charge in [0.05, 0.1) is 35.9 Å². The number of nitrogens with one attached hydrogen (secondary N) is 1. The van der Waals surface area contributed by atoms with Crippen molar-refractivity contribution in [2.75, 3.05) is 39.9 Å². The molecule has 0 spiro atoms. The van der Waals surface area contributed by atoms with Crippen molar-refractivity contribution in [1.82, 2.24) is 15.2 Å². The molecule has 10 N–H and O–H groups in total. The van der Waals surface area contributed by atoms with E-state index in [0.717, 1.165) is 47.9 Å². The second-order valence-corrected chi connectivity index (χ2v) is 17.6. The largest absolute Gasteiger partial charge is 0.465 e. The summed E-state index contributed by atoms with van der Waals surface area (Å²) in [5.41, 5.74) is 6.82. The predicted molar refractivity (Wildman–Crippen MR) is 261 cm³/mol. The van der Waals surface area contributed by atoms with E-state index in [-0.39, 0.29) is 75.8 Å². The number of amides is 3. The number of aliphatic hydroxyl groups is 1. The SMILES string of the molecule is CCO.CCc1cc(C2CC2)c(C(=O)NN)cc1C(=O)N1CCC(F)(c2ccc(C#N)cc2)CC1.CCc1cc(C2CC2)c(C(=O)OC)cc1C(=O)N1CCC(F)(c2ccc(C#N)cc2)CC1.NN.O. The number of carbonyl (C=O) groups excluding carboxylic acids is 4. The molecule has 0 unspecified atom stereocenters. The number of hydrazine groups is 2. The smallest absolute Gasteiger partial charge is 0.338 e. The number of methoxy groups -OCH3 is 1. The Balaban J connectivity index is 0.000000275. The molecule has 4 aromatic rings. The number of piperidine rings is 2. The average Bonchev–Trinajstić information content (AvgIpc) is 4.35. The van der Waals surface area contributed by atoms with E-state index in [1.807, 2.05) is 38.1 Å². The van der Waals surface area contributed by atoms with Crippen LogP contribution in [0.1, 0.15) is 170 Å². The van der Waals surface area contributed by atoms with Gasteiger partial charge in [-0.1, -0.05) is 50.2 Å². The summed E-state index contributed by atoms with van der Waals surface area (Å²) in [4.78, 5) is 54.9. The van der Waals surface area contributed by atoms with E-state index in [4.69, 9.17) is 26.2 Å². The molecule has 0 aromatic heterocycles. The number of hydrogen-bond acceptors (Lipinski definition) is 11. The van der Waals surface area contributed by atoms with Gasteiger partial charge in [0.15, 0.2) is 0 Å². The third kappa shape index (κ3) is 13.0. The number of hydrogen-bond donors (Lipinski definition) is 5. The summed E-state index contributed by atoms with van der Waals surface area (Å²) in [6.07, 6.45) is 6.23. The molecule has 4 fully saturated rings. The fourth-order valence-electron chi connectivity index (χ4n) is 9.07. The van der Waals surface area contributed by atoms with E-state index in [1.54, 1.807) is 77.4 Å². The molecule has 2 heterocycles. The molecule has 2 saturated heterocycles. The number of aryl methyl sites for hydroxylation is 2. The molecule has 4 aliphatic rings. The Morgan fingerprint density at radius 3 is 1.31 bits per heavy atom. The molecule has 15 nitrogen and oxygen atoms in total. The second-order valence-electron chi connectivity index (χ2n) is 17.6. The van der Waals surface area contributed by atoms with E-state index in [1.165, 1.54) is 7.11 Å². The van der Waals surface area contributed by atoms with Crippen molar-refractivity contribution >= 4 is 23.7 Å². The van der Waals surface area contributed by atoms with Gasteiger partial charge in [-0.2, -0.15) is 10.5 Å². The molecule has 374 valence electrons. The minimum atomic E-state index is -1.53. The van der Waals surface area contributed by atoms with Crippen LogP contribution in [0.2, 0.25) is 0 Å². The van der Waals surface area contributed by atoms with E-state index in [2.05, 4.69) is 17.1 Å². The highest BCUT2D eigenvalue weighted by Gasteiger charge is 2.40. The Hall–Kier alpha value is -6.60. The molecule has 0 atom stereocenters. The van der Waals surface area contributed by atoms with Crippen LogP contribution in [0.25, 0.3) is 0 Å². The van der Waals surface area contributed by atoms with Gasteiger partial charge in [0.2, 0.25) is 0 Å². The molecule has 17 heteroatoms. The van der Waals surface area contributed by atoms with Crippen LogP contribution in [0.4, 0.5) is 8.78 Å². The monoisotopic (exact) mass is 965 g/mol. The van der Waals surface area contributed by atoms with E-state index in [9.17, 15) is 19.2 Å². The summed E-state index contributed by atoms with van der Waals surface area (Å²) >= 11 is 0. The highest BCUT2D eigenvalue weighted by molar-refractivity contribution is 6.02. The highest BCUT2D eigenvalue weighted by atomic mass is 19.1. The molecular formula is C53H66F2N8O7. The van der Waals surface area contributed by atoms with Gasteiger partial charge < -0.3 is 25.1 Å². The molecule has 3 amide bonds. The lowest BCUT2D eigenvalue weighted by Gasteiger charge is -2.37. The van der Waals surface area contributed by atoms with Crippen molar-refractivity contribution in [2.24, 2.45) is 17.5 Å². The van der Waals surface area contributed by atoms with E-state index < -0.39 is 23.2 Å². The summed E-state index contributed by atoms with van der Waals surface area (Å²) in [5, 5.41) is 25.5. The highest BCUT2D eigenvalue weighted by Crippen LogP contribution is 2.45. The number of nitrogen functional groups attached to an aromatic ring is 1. The summed E-state index contributed by atoms with van der Waals surface area (Å²) in [7, 11) is 1.35. The normalized spacial score (nSPS) is 16.3. The van der Waals surface area contributed by atoms with Crippen LogP contribution in [0, 0.1) is 22.7 Å². The molecule has 70 heavy (non-hydrogen) atoms. The van der Waals surface area contributed by atoms with Crippen molar-refractivity contribution < 1.29 is 43.3 Å². The number of alkyl halides is 2. The number of esters is 1. The number of rotatable bonds is 10. The third-order valence-electron chi connectivity index (χ3n) is 13.3. The molecule has 2 saturated carbocycles. The minimum Gasteiger partial charge on any atom is -0.465 e. The van der Waals surface area contributed by atoms with Crippen molar-refractivity contribution in [3.05, 3.63) is 140 Å². The fraction of sp³-hybridized carbons (Fsp3) is 0.434. The first-order valence-electron chi connectivity index (χ1n) is 23.6. The first-order chi connectivity index (χ1) is 33.2. The Morgan fingerprint density at radius 1 is 0.671 bits per heavy atom. The van der Waals surface area contributed by atoms with Crippen LogP contribution in [0.3, 0.4) is 0 Å². The van der Waals surface area contributed by atoms with Gasteiger partial charge in [-0.05, 0) is 127 Å². The number of likely N-dealkylation sites (tertiary alicyclic amines) is 2. The quantitative estimate of drug-likeness (QED) is 0.0490. The number of carbonyl (C=O) groups is 4. The Bertz CT molecular complexity index is 2360. The minimum absolute atomic E-state index is 0. The van der Waals surface area contributed by atoms with E-state index >= 15 is 8.78 Å². The van der Waals surface area contributed by atoms with Gasteiger partial charge in [0.25, 0.3) is 17.7 Å². The maximum Gasteiger partial charge on any atom is 0.338 e. The van der Waals surface area contributed by atoms with Crippen LogP contribution < -0.4 is 23.0 Å². The zero-order chi connectivity index (χ0) is 50.5. The second kappa shape index (κ2) is 25.3. The Morgan fingerprint density at radius 2 is 1.01 bits per heavy atom. The van der Waals surface area contributed by atoms with Gasteiger partial charge in [0.1, 0.15) is 11.3 Å². The summed E-state index contributed by atoms with van der Waals surface area (Å²) < 4.78 is 36.2. The lowest BCUT2D eigenvalue weighted by molar-refractivity contribution is 0.0411. The van der Waals surface area contributed by atoms with Gasteiger partial charge in [-0.15, -0.1) is 0 Å². The van der Waals surface area contributed by atoms with Crippen molar-refractivity contribution in [3.8, 4) is 12.1 Å². The van der Waals surface area contributed by atoms with Crippen LogP contribution in [-0.2, 0) is 28.9 Å². The van der Waals surface area contributed by atoms with Crippen LogP contribution in [0.5, 0.6) is 0 Å². The zero-order valence-electron chi connectivity index (χ0n) is 40.5. The molecule has 0 radical (unpaired) electrons. The summed E-state index contributed by atoms with van der Waals surface area (Å²) in [6, 6.07) is 24.5. The Kier molecular flexibility index (Phi) is 20.2. The number of ether oxygens (including phenoxy) is 1.